The minimum absolute atomic E-state index is 0.0315. The fourth-order valence-electron chi connectivity index (χ4n) is 2.60. The maximum absolute atomic E-state index is 12.8. The molecule has 2 heterocycles. The van der Waals surface area contributed by atoms with E-state index >= 15 is 0 Å². The van der Waals surface area contributed by atoms with Crippen molar-refractivity contribution in [3.05, 3.63) is 15.8 Å². The van der Waals surface area contributed by atoms with E-state index in [9.17, 15) is 18.3 Å². The van der Waals surface area contributed by atoms with Crippen LogP contribution in [0.3, 0.4) is 0 Å². The average molecular weight is 317 g/mol. The number of hydrogen-bond donors (Lipinski definition) is 1. The number of aromatic carboxylic acids is 1. The lowest BCUT2D eigenvalue weighted by atomic mass is 9.97. The van der Waals surface area contributed by atoms with Gasteiger partial charge in [0.25, 0.3) is 0 Å². The number of nitrogens with zero attached hydrogens (tertiary/aromatic N) is 1. The number of thiophene rings is 1. The van der Waals surface area contributed by atoms with E-state index in [2.05, 4.69) is 0 Å². The van der Waals surface area contributed by atoms with Gasteiger partial charge >= 0.3 is 5.97 Å². The number of rotatable bonds is 3. The molecule has 0 aliphatic carbocycles. The number of carboxylic acid groups (broad SMARTS) is 1. The molecular formula is C13H19NO4S2. The van der Waals surface area contributed by atoms with E-state index in [1.165, 1.54) is 4.31 Å². The molecule has 1 aliphatic heterocycles. The molecule has 7 heteroatoms. The van der Waals surface area contributed by atoms with Gasteiger partial charge in [-0.2, -0.15) is 4.31 Å². The van der Waals surface area contributed by atoms with Crippen LogP contribution in [0.1, 0.15) is 41.9 Å². The highest BCUT2D eigenvalue weighted by Gasteiger charge is 2.37. The number of carbonyl (C=O) groups is 1. The van der Waals surface area contributed by atoms with E-state index in [1.807, 2.05) is 13.8 Å². The van der Waals surface area contributed by atoms with Crippen molar-refractivity contribution in [2.75, 3.05) is 6.54 Å². The topological polar surface area (TPSA) is 74.7 Å². The highest BCUT2D eigenvalue weighted by atomic mass is 32.2. The Bertz CT molecular complexity index is 620. The Balaban J connectivity index is 2.50. The first-order chi connectivity index (χ1) is 9.25. The summed E-state index contributed by atoms with van der Waals surface area (Å²) >= 11 is 0.972. The highest BCUT2D eigenvalue weighted by molar-refractivity contribution is 7.89. The van der Waals surface area contributed by atoms with Crippen molar-refractivity contribution in [2.24, 2.45) is 5.92 Å². The Morgan fingerprint density at radius 1 is 1.40 bits per heavy atom. The first kappa shape index (κ1) is 15.5. The third-order valence-electron chi connectivity index (χ3n) is 3.74. The number of aryl methyl sites for hydroxylation is 1. The second-order valence-electron chi connectivity index (χ2n) is 5.49. The van der Waals surface area contributed by atoms with Crippen molar-refractivity contribution in [3.63, 3.8) is 0 Å². The van der Waals surface area contributed by atoms with Crippen molar-refractivity contribution in [1.29, 1.82) is 0 Å². The Labute approximate surface area is 123 Å². The monoisotopic (exact) mass is 317 g/mol. The van der Waals surface area contributed by atoms with E-state index in [0.717, 1.165) is 24.2 Å². The number of carboxylic acids is 1. The molecule has 0 radical (unpaired) electrons. The largest absolute Gasteiger partial charge is 0.477 e. The fraction of sp³-hybridized carbons (Fsp3) is 0.615. The van der Waals surface area contributed by atoms with Crippen LogP contribution < -0.4 is 0 Å². The lowest BCUT2D eigenvalue weighted by molar-refractivity contribution is 0.0698. The summed E-state index contributed by atoms with van der Waals surface area (Å²) in [5.74, 6) is -0.882. The molecule has 1 aromatic heterocycles. The predicted octanol–water partition coefficient (Wildman–Crippen LogP) is 2.56. The molecule has 0 amide bonds. The van der Waals surface area contributed by atoms with Crippen LogP contribution in [0, 0.1) is 12.8 Å². The van der Waals surface area contributed by atoms with Gasteiger partial charge in [-0.15, -0.1) is 11.3 Å². The molecule has 2 atom stereocenters. The van der Waals surface area contributed by atoms with Gasteiger partial charge < -0.3 is 5.11 Å². The average Bonchev–Trinajstić information content (AvgIpc) is 2.75. The summed E-state index contributed by atoms with van der Waals surface area (Å²) in [7, 11) is -3.74. The van der Waals surface area contributed by atoms with E-state index in [1.54, 1.807) is 12.3 Å². The second kappa shape index (κ2) is 5.46. The maximum atomic E-state index is 12.8. The van der Waals surface area contributed by atoms with E-state index < -0.39 is 16.0 Å². The van der Waals surface area contributed by atoms with E-state index in [-0.39, 0.29) is 15.8 Å². The molecular weight excluding hydrogens is 298 g/mol. The molecule has 1 saturated heterocycles. The molecule has 5 nitrogen and oxygen atoms in total. The SMILES string of the molecule is Cc1csc(C(=O)O)c1S(=O)(=O)N1CC(C)CCC1C. The van der Waals surface area contributed by atoms with Gasteiger partial charge in [0, 0.05) is 12.6 Å². The van der Waals surface area contributed by atoms with Gasteiger partial charge in [0.05, 0.1) is 0 Å². The summed E-state index contributed by atoms with van der Waals surface area (Å²) in [6.45, 7) is 6.00. The standard InChI is InChI=1S/C13H19NO4S2/c1-8-4-5-10(3)14(6-8)20(17,18)12-9(2)7-19-11(12)13(15)16/h7-8,10H,4-6H2,1-3H3,(H,15,16). The summed E-state index contributed by atoms with van der Waals surface area (Å²) in [5.41, 5.74) is 0.512. The summed E-state index contributed by atoms with van der Waals surface area (Å²) in [6.07, 6.45) is 1.81. The Hall–Kier alpha value is -0.920. The predicted molar refractivity (Wildman–Crippen MR) is 77.8 cm³/mol. The van der Waals surface area contributed by atoms with Crippen LogP contribution in [0.4, 0.5) is 0 Å². The zero-order valence-corrected chi connectivity index (χ0v) is 13.4. The molecule has 0 spiro atoms. The molecule has 20 heavy (non-hydrogen) atoms. The molecule has 1 aromatic rings. The quantitative estimate of drug-likeness (QED) is 0.929. The minimum Gasteiger partial charge on any atom is -0.477 e. The zero-order valence-electron chi connectivity index (χ0n) is 11.8. The fourth-order valence-corrected chi connectivity index (χ4v) is 5.97. The molecule has 0 saturated carbocycles. The third kappa shape index (κ3) is 2.62. The van der Waals surface area contributed by atoms with Gasteiger partial charge in [0.2, 0.25) is 10.0 Å². The molecule has 1 fully saturated rings. The van der Waals surface area contributed by atoms with Crippen LogP contribution in [0.25, 0.3) is 0 Å². The van der Waals surface area contributed by atoms with Gasteiger partial charge in [0.1, 0.15) is 9.77 Å². The van der Waals surface area contributed by atoms with E-state index in [4.69, 9.17) is 0 Å². The van der Waals surface area contributed by atoms with Gasteiger partial charge in [0.15, 0.2) is 0 Å². The Morgan fingerprint density at radius 3 is 2.65 bits per heavy atom. The van der Waals surface area contributed by atoms with Crippen molar-refractivity contribution in [2.45, 2.75) is 44.6 Å². The number of sulfonamides is 1. The summed E-state index contributed by atoms with van der Waals surface area (Å²) < 4.78 is 27.1. The first-order valence-electron chi connectivity index (χ1n) is 6.58. The van der Waals surface area contributed by atoms with Gasteiger partial charge in [-0.1, -0.05) is 6.92 Å². The molecule has 2 unspecified atom stereocenters. The Kier molecular flexibility index (Phi) is 4.22. The van der Waals surface area contributed by atoms with Gasteiger partial charge in [-0.3, -0.25) is 0 Å². The van der Waals surface area contributed by atoms with Gasteiger partial charge in [-0.05, 0) is 43.6 Å². The maximum Gasteiger partial charge on any atom is 0.347 e. The van der Waals surface area contributed by atoms with Crippen molar-refractivity contribution in [3.8, 4) is 0 Å². The molecule has 1 aliphatic rings. The van der Waals surface area contributed by atoms with Crippen LogP contribution in [0.5, 0.6) is 0 Å². The molecule has 0 aromatic carbocycles. The normalized spacial score (nSPS) is 24.8. The van der Waals surface area contributed by atoms with Crippen LogP contribution in [0.15, 0.2) is 10.3 Å². The van der Waals surface area contributed by atoms with Crippen LogP contribution in [-0.2, 0) is 10.0 Å². The molecule has 0 bridgehead atoms. The van der Waals surface area contributed by atoms with Crippen LogP contribution in [-0.4, -0.2) is 36.4 Å². The summed E-state index contributed by atoms with van der Waals surface area (Å²) in [5, 5.41) is 10.8. The van der Waals surface area contributed by atoms with Crippen molar-refractivity contribution >= 4 is 27.3 Å². The van der Waals surface area contributed by atoms with Gasteiger partial charge in [-0.25, -0.2) is 13.2 Å². The summed E-state index contributed by atoms with van der Waals surface area (Å²) in [6, 6.07) is -0.0860. The van der Waals surface area contributed by atoms with Crippen LogP contribution in [0.2, 0.25) is 0 Å². The van der Waals surface area contributed by atoms with Crippen molar-refractivity contribution in [1.82, 2.24) is 4.31 Å². The lowest BCUT2D eigenvalue weighted by Gasteiger charge is -2.35. The lowest BCUT2D eigenvalue weighted by Crippen LogP contribution is -2.45. The number of hydrogen-bond acceptors (Lipinski definition) is 4. The smallest absolute Gasteiger partial charge is 0.347 e. The summed E-state index contributed by atoms with van der Waals surface area (Å²) in [4.78, 5) is 11.1. The molecule has 1 N–H and O–H groups in total. The number of piperidine rings is 1. The van der Waals surface area contributed by atoms with Crippen molar-refractivity contribution < 1.29 is 18.3 Å². The highest BCUT2D eigenvalue weighted by Crippen LogP contribution is 2.33. The third-order valence-corrected chi connectivity index (χ3v) is 7.12. The van der Waals surface area contributed by atoms with Crippen LogP contribution >= 0.6 is 11.3 Å². The molecule has 2 rings (SSSR count). The zero-order chi connectivity index (χ0) is 15.1. The Morgan fingerprint density at radius 2 is 2.05 bits per heavy atom. The second-order valence-corrected chi connectivity index (χ2v) is 8.20. The minimum atomic E-state index is -3.74. The molecule has 112 valence electrons. The van der Waals surface area contributed by atoms with E-state index in [0.29, 0.717) is 18.0 Å². The first-order valence-corrected chi connectivity index (χ1v) is 8.90.